The van der Waals surface area contributed by atoms with Crippen LogP contribution in [0.3, 0.4) is 0 Å². The first-order chi connectivity index (χ1) is 17.9. The molecule has 186 valence electrons. The molecule has 0 amide bonds. The molecule has 0 spiro atoms. The maximum atomic E-state index is 12.4. The van der Waals surface area contributed by atoms with E-state index in [9.17, 15) is 4.79 Å². The first-order valence-corrected chi connectivity index (χ1v) is 13.0. The number of halogens is 1. The number of imidazole rings is 1. The number of carbonyl (C=O) groups is 1. The molecule has 0 saturated carbocycles. The van der Waals surface area contributed by atoms with Crippen molar-refractivity contribution in [3.8, 4) is 22.5 Å². The Hall–Kier alpha value is -3.81. The number of hydrogen-bond acceptors (Lipinski definition) is 6. The summed E-state index contributed by atoms with van der Waals surface area (Å²) in [5.41, 5.74) is 6.40. The van der Waals surface area contributed by atoms with Crippen LogP contribution in [-0.4, -0.2) is 20.5 Å². The number of anilines is 1. The minimum atomic E-state index is -0.119. The molecule has 2 heterocycles. The largest absolute Gasteiger partial charge is 0.337 e. The Kier molecular flexibility index (Phi) is 7.17. The Morgan fingerprint density at radius 3 is 2.35 bits per heavy atom. The lowest BCUT2D eigenvalue weighted by Gasteiger charge is -2.13. The van der Waals surface area contributed by atoms with E-state index in [1.165, 1.54) is 18.9 Å². The number of rotatable bonds is 8. The molecule has 0 aliphatic heterocycles. The van der Waals surface area contributed by atoms with Gasteiger partial charge in [0.2, 0.25) is 5.88 Å². The van der Waals surface area contributed by atoms with Crippen molar-refractivity contribution in [1.82, 2.24) is 14.7 Å². The van der Waals surface area contributed by atoms with Crippen LogP contribution >= 0.6 is 23.5 Å². The van der Waals surface area contributed by atoms with E-state index in [1.807, 2.05) is 60.9 Å². The molecule has 5 aromatic rings. The topological polar surface area (TPSA) is 73.0 Å². The van der Waals surface area contributed by atoms with Gasteiger partial charge in [-0.05, 0) is 48.6 Å². The molecule has 0 aliphatic rings. The molecule has 0 bridgehead atoms. The van der Waals surface area contributed by atoms with Crippen LogP contribution in [0.25, 0.3) is 22.5 Å². The summed E-state index contributed by atoms with van der Waals surface area (Å²) in [6.45, 7) is 5.89. The van der Waals surface area contributed by atoms with Gasteiger partial charge in [-0.25, -0.2) is 4.98 Å². The third-order valence-corrected chi connectivity index (χ3v) is 7.32. The van der Waals surface area contributed by atoms with Crippen LogP contribution in [0.1, 0.15) is 34.2 Å². The Labute approximate surface area is 224 Å². The first kappa shape index (κ1) is 24.9. The van der Waals surface area contributed by atoms with Crippen molar-refractivity contribution < 1.29 is 9.32 Å². The zero-order valence-electron chi connectivity index (χ0n) is 20.7. The van der Waals surface area contributed by atoms with Gasteiger partial charge < -0.3 is 9.09 Å². The molecule has 0 saturated heterocycles. The summed E-state index contributed by atoms with van der Waals surface area (Å²) >= 11 is 7.89. The molecule has 8 heteroatoms. The number of aromatic nitrogens is 3. The van der Waals surface area contributed by atoms with Crippen molar-refractivity contribution in [3.63, 3.8) is 0 Å². The summed E-state index contributed by atoms with van der Waals surface area (Å²) in [6.07, 6.45) is 0. The van der Waals surface area contributed by atoms with E-state index in [0.29, 0.717) is 23.9 Å². The summed E-state index contributed by atoms with van der Waals surface area (Å²) in [7, 11) is 0. The van der Waals surface area contributed by atoms with Gasteiger partial charge in [-0.3, -0.25) is 9.52 Å². The van der Waals surface area contributed by atoms with Crippen LogP contribution in [0.2, 0.25) is 5.15 Å². The minimum absolute atomic E-state index is 0.119. The highest BCUT2D eigenvalue weighted by Gasteiger charge is 2.20. The molecule has 0 unspecified atom stereocenters. The third-order valence-electron chi connectivity index (χ3n) is 6.19. The van der Waals surface area contributed by atoms with Gasteiger partial charge in [0.15, 0.2) is 10.9 Å². The lowest BCUT2D eigenvalue weighted by molar-refractivity contribution is 0.100. The van der Waals surface area contributed by atoms with Crippen molar-refractivity contribution >= 4 is 35.2 Å². The summed E-state index contributed by atoms with van der Waals surface area (Å²) in [5.74, 6) is 1.21. The van der Waals surface area contributed by atoms with Crippen molar-refractivity contribution in [3.05, 3.63) is 107 Å². The Balaban J connectivity index is 1.42. The number of carbonyl (C=O) groups excluding carboxylic acids is 1. The number of benzene rings is 3. The molecule has 1 N–H and O–H groups in total. The van der Waals surface area contributed by atoms with E-state index >= 15 is 0 Å². The molecule has 3 aromatic carbocycles. The molecule has 5 rings (SSSR count). The van der Waals surface area contributed by atoms with Gasteiger partial charge in [-0.2, -0.15) is 0 Å². The Bertz CT molecular complexity index is 1560. The van der Waals surface area contributed by atoms with Gasteiger partial charge in [0, 0.05) is 29.5 Å². The van der Waals surface area contributed by atoms with Crippen molar-refractivity contribution in [2.45, 2.75) is 32.2 Å². The van der Waals surface area contributed by atoms with E-state index in [1.54, 1.807) is 0 Å². The average molecular weight is 529 g/mol. The van der Waals surface area contributed by atoms with Crippen LogP contribution in [0.15, 0.2) is 88.3 Å². The minimum Gasteiger partial charge on any atom is -0.337 e. The Morgan fingerprint density at radius 1 is 0.973 bits per heavy atom. The van der Waals surface area contributed by atoms with E-state index in [2.05, 4.69) is 51.3 Å². The smallest absolute Gasteiger partial charge is 0.237 e. The zero-order chi connectivity index (χ0) is 25.9. The lowest BCUT2D eigenvalue weighted by Crippen LogP contribution is -2.09. The quantitative estimate of drug-likeness (QED) is 0.163. The maximum absolute atomic E-state index is 12.4. The van der Waals surface area contributed by atoms with E-state index in [-0.39, 0.29) is 10.9 Å². The molecule has 37 heavy (non-hydrogen) atoms. The van der Waals surface area contributed by atoms with E-state index in [4.69, 9.17) is 16.1 Å². The number of nitrogens with one attached hydrogen (secondary N) is 1. The normalized spacial score (nSPS) is 11.0. The van der Waals surface area contributed by atoms with Gasteiger partial charge in [0.1, 0.15) is 11.5 Å². The fraction of sp³-hybridized carbons (Fsp3) is 0.138. The predicted molar refractivity (Wildman–Crippen MR) is 149 cm³/mol. The second kappa shape index (κ2) is 10.7. The molecule has 2 aromatic heterocycles. The van der Waals surface area contributed by atoms with Crippen LogP contribution in [0, 0.1) is 13.8 Å². The lowest BCUT2D eigenvalue weighted by atomic mass is 10.0. The molecule has 0 fully saturated rings. The zero-order valence-corrected chi connectivity index (χ0v) is 22.2. The molecule has 0 atom stereocenters. The summed E-state index contributed by atoms with van der Waals surface area (Å²) in [6, 6.07) is 26.3. The van der Waals surface area contributed by atoms with Gasteiger partial charge in [0.05, 0.1) is 5.69 Å². The second-order valence-electron chi connectivity index (χ2n) is 8.70. The standard InChI is InChI=1S/C29H25ClN4O2S/c1-18-19(2)32-36-29(18)33-37-25-12-8-7-11-24(25)22-15-13-21(14-16-22)17-34-26(20(3)35)27(30)31-28(34)23-9-5-4-6-10-23/h4-16,33H,17H2,1-3H3. The average Bonchev–Trinajstić information content (AvgIpc) is 3.41. The monoisotopic (exact) mass is 528 g/mol. The van der Waals surface area contributed by atoms with Gasteiger partial charge >= 0.3 is 0 Å². The van der Waals surface area contributed by atoms with Crippen LogP contribution in [0.5, 0.6) is 0 Å². The van der Waals surface area contributed by atoms with Crippen LogP contribution in [0.4, 0.5) is 5.88 Å². The SMILES string of the molecule is CC(=O)c1c(Cl)nc(-c2ccccc2)n1Cc1ccc(-c2ccccc2SNc2onc(C)c2C)cc1. The second-order valence-corrected chi connectivity index (χ2v) is 9.91. The van der Waals surface area contributed by atoms with Gasteiger partial charge in [-0.15, -0.1) is 0 Å². The number of ketones is 1. The van der Waals surface area contributed by atoms with Gasteiger partial charge in [0.25, 0.3) is 0 Å². The van der Waals surface area contributed by atoms with Crippen LogP contribution in [-0.2, 0) is 6.54 Å². The number of hydrogen-bond donors (Lipinski definition) is 1. The third kappa shape index (κ3) is 5.19. The number of aryl methyl sites for hydroxylation is 1. The summed E-state index contributed by atoms with van der Waals surface area (Å²) in [5, 5.41) is 4.23. The molecular weight excluding hydrogens is 504 g/mol. The van der Waals surface area contributed by atoms with Crippen molar-refractivity contribution in [2.24, 2.45) is 0 Å². The summed E-state index contributed by atoms with van der Waals surface area (Å²) < 4.78 is 10.6. The fourth-order valence-electron chi connectivity index (χ4n) is 4.10. The van der Waals surface area contributed by atoms with E-state index in [0.717, 1.165) is 38.4 Å². The molecule has 6 nitrogen and oxygen atoms in total. The maximum Gasteiger partial charge on any atom is 0.237 e. The highest BCUT2D eigenvalue weighted by molar-refractivity contribution is 8.00. The summed E-state index contributed by atoms with van der Waals surface area (Å²) in [4.78, 5) is 18.0. The Morgan fingerprint density at radius 2 is 1.68 bits per heavy atom. The van der Waals surface area contributed by atoms with Crippen molar-refractivity contribution in [1.29, 1.82) is 0 Å². The molecule has 0 radical (unpaired) electrons. The highest BCUT2D eigenvalue weighted by Crippen LogP contribution is 2.34. The molecule has 0 aliphatic carbocycles. The fourth-order valence-corrected chi connectivity index (χ4v) is 5.25. The highest BCUT2D eigenvalue weighted by atomic mass is 35.5. The first-order valence-electron chi connectivity index (χ1n) is 11.8. The number of nitrogens with zero attached hydrogens (tertiary/aromatic N) is 3. The van der Waals surface area contributed by atoms with Crippen LogP contribution < -0.4 is 4.72 Å². The van der Waals surface area contributed by atoms with E-state index < -0.39 is 0 Å². The van der Waals surface area contributed by atoms with Crippen molar-refractivity contribution in [2.75, 3.05) is 4.72 Å². The number of Topliss-reactive ketones (excluding diaryl/α,β-unsaturated/α-hetero) is 1. The van der Waals surface area contributed by atoms with Gasteiger partial charge in [-0.1, -0.05) is 89.6 Å². The molecular formula is C29H25ClN4O2S. The predicted octanol–water partition coefficient (Wildman–Crippen LogP) is 7.85.